The average Bonchev–Trinajstić information content (AvgIpc) is 2.19. The van der Waals surface area contributed by atoms with Crippen molar-refractivity contribution < 1.29 is 0 Å². The van der Waals surface area contributed by atoms with Gasteiger partial charge in [0.15, 0.2) is 5.82 Å². The van der Waals surface area contributed by atoms with Crippen molar-refractivity contribution in [1.29, 1.82) is 0 Å². The fourth-order valence-electron chi connectivity index (χ4n) is 1.28. The number of rotatable bonds is 5. The Morgan fingerprint density at radius 1 is 1.23 bits per heavy atom. The van der Waals surface area contributed by atoms with Gasteiger partial charge in [-0.1, -0.05) is 13.8 Å². The van der Waals surface area contributed by atoms with Crippen molar-refractivity contribution in [3.8, 4) is 0 Å². The molecule has 0 aliphatic rings. The molecule has 0 bridgehead atoms. The quantitative estimate of drug-likeness (QED) is 0.689. The molecular formula is C10H16N3. The molecule has 1 heterocycles. The first kappa shape index (κ1) is 9.96. The number of hydrogen-bond acceptors (Lipinski definition) is 3. The van der Waals surface area contributed by atoms with Gasteiger partial charge >= 0.3 is 0 Å². The normalized spacial score (nSPS) is 10.0. The molecule has 0 atom stereocenters. The van der Waals surface area contributed by atoms with Crippen molar-refractivity contribution in [2.45, 2.75) is 26.7 Å². The zero-order valence-corrected chi connectivity index (χ0v) is 8.32. The number of anilines is 1. The van der Waals surface area contributed by atoms with Crippen molar-refractivity contribution in [2.24, 2.45) is 0 Å². The Morgan fingerprint density at radius 3 is 2.38 bits per heavy atom. The number of hydrogen-bond donors (Lipinski definition) is 0. The topological polar surface area (TPSA) is 29.0 Å². The molecule has 0 aliphatic heterocycles. The van der Waals surface area contributed by atoms with Gasteiger partial charge in [0.25, 0.3) is 0 Å². The first-order valence-corrected chi connectivity index (χ1v) is 4.82. The maximum absolute atomic E-state index is 4.22. The van der Waals surface area contributed by atoms with E-state index in [9.17, 15) is 0 Å². The first-order valence-electron chi connectivity index (χ1n) is 4.82. The predicted molar refractivity (Wildman–Crippen MR) is 53.7 cm³/mol. The smallest absolute Gasteiger partial charge is 0.156 e. The van der Waals surface area contributed by atoms with Crippen LogP contribution in [0.5, 0.6) is 0 Å². The molecule has 0 N–H and O–H groups in total. The second kappa shape index (κ2) is 5.51. The summed E-state index contributed by atoms with van der Waals surface area (Å²) < 4.78 is 0. The molecule has 13 heavy (non-hydrogen) atoms. The molecule has 0 saturated carbocycles. The van der Waals surface area contributed by atoms with Crippen LogP contribution in [0.1, 0.15) is 26.7 Å². The van der Waals surface area contributed by atoms with Crippen molar-refractivity contribution in [3.63, 3.8) is 0 Å². The van der Waals surface area contributed by atoms with Crippen LogP contribution < -0.4 is 4.90 Å². The van der Waals surface area contributed by atoms with E-state index in [1.807, 2.05) is 0 Å². The van der Waals surface area contributed by atoms with Gasteiger partial charge in [0, 0.05) is 25.5 Å². The van der Waals surface area contributed by atoms with Crippen LogP contribution in [0.2, 0.25) is 0 Å². The van der Waals surface area contributed by atoms with Gasteiger partial charge in [-0.3, -0.25) is 0 Å². The highest BCUT2D eigenvalue weighted by atomic mass is 15.2. The Morgan fingerprint density at radius 2 is 1.92 bits per heavy atom. The third-order valence-electron chi connectivity index (χ3n) is 1.79. The fraction of sp³-hybridized carbons (Fsp3) is 0.600. The Balaban J connectivity index is 2.64. The molecule has 3 heteroatoms. The van der Waals surface area contributed by atoms with Crippen molar-refractivity contribution in [1.82, 2.24) is 9.97 Å². The standard InChI is InChI=1S/C10H16N3/c1-3-7-13(8-4-2)10-9-11-5-6-12-10/h5-6H,3-4,7-8H2,1-2H3. The second-order valence-electron chi connectivity index (χ2n) is 2.98. The average molecular weight is 178 g/mol. The van der Waals surface area contributed by atoms with Crippen LogP contribution in [-0.2, 0) is 0 Å². The highest BCUT2D eigenvalue weighted by molar-refractivity contribution is 5.33. The highest BCUT2D eigenvalue weighted by Crippen LogP contribution is 2.07. The van der Waals surface area contributed by atoms with Gasteiger partial charge in [-0.15, -0.1) is 0 Å². The Labute approximate surface area is 79.8 Å². The molecular weight excluding hydrogens is 162 g/mol. The molecule has 3 nitrogen and oxygen atoms in total. The lowest BCUT2D eigenvalue weighted by Crippen LogP contribution is -2.25. The summed E-state index contributed by atoms with van der Waals surface area (Å²) in [7, 11) is 0. The lowest BCUT2D eigenvalue weighted by Gasteiger charge is -2.21. The molecule has 1 aromatic rings. The Hall–Kier alpha value is -1.12. The van der Waals surface area contributed by atoms with E-state index in [2.05, 4.69) is 34.9 Å². The summed E-state index contributed by atoms with van der Waals surface area (Å²) in [5.74, 6) is 0.867. The fourth-order valence-corrected chi connectivity index (χ4v) is 1.28. The summed E-state index contributed by atoms with van der Waals surface area (Å²) in [6.45, 7) is 6.39. The van der Waals surface area contributed by atoms with Crippen LogP contribution in [0.25, 0.3) is 0 Å². The summed E-state index contributed by atoms with van der Waals surface area (Å²) in [4.78, 5) is 10.4. The van der Waals surface area contributed by atoms with Crippen LogP contribution >= 0.6 is 0 Å². The highest BCUT2D eigenvalue weighted by Gasteiger charge is 2.04. The van der Waals surface area contributed by atoms with Gasteiger partial charge < -0.3 is 4.90 Å². The third-order valence-corrected chi connectivity index (χ3v) is 1.79. The Bertz CT molecular complexity index is 217. The monoisotopic (exact) mass is 178 g/mol. The van der Waals surface area contributed by atoms with Crippen molar-refractivity contribution >= 4 is 5.82 Å². The van der Waals surface area contributed by atoms with E-state index < -0.39 is 0 Å². The molecule has 71 valence electrons. The van der Waals surface area contributed by atoms with E-state index >= 15 is 0 Å². The molecule has 0 amide bonds. The molecule has 0 saturated heterocycles. The minimum absolute atomic E-state index is 0.867. The summed E-state index contributed by atoms with van der Waals surface area (Å²) >= 11 is 0. The van der Waals surface area contributed by atoms with Gasteiger partial charge in [-0.25, -0.2) is 9.97 Å². The molecule has 1 aromatic heterocycles. The van der Waals surface area contributed by atoms with Crippen LogP contribution in [-0.4, -0.2) is 23.1 Å². The molecule has 0 aromatic carbocycles. The van der Waals surface area contributed by atoms with Crippen LogP contribution in [0.3, 0.4) is 0 Å². The number of aromatic nitrogens is 2. The molecule has 1 rings (SSSR count). The third kappa shape index (κ3) is 3.01. The lowest BCUT2D eigenvalue weighted by atomic mass is 10.3. The van der Waals surface area contributed by atoms with Gasteiger partial charge in [0.2, 0.25) is 0 Å². The maximum Gasteiger partial charge on any atom is 0.156 e. The van der Waals surface area contributed by atoms with E-state index in [1.54, 1.807) is 12.4 Å². The molecule has 0 fully saturated rings. The van der Waals surface area contributed by atoms with Gasteiger partial charge in [-0.05, 0) is 12.8 Å². The Kier molecular flexibility index (Phi) is 4.23. The largest absolute Gasteiger partial charge is 0.355 e. The van der Waals surface area contributed by atoms with Crippen molar-refractivity contribution in [3.05, 3.63) is 18.6 Å². The van der Waals surface area contributed by atoms with Crippen LogP contribution in [0.4, 0.5) is 5.82 Å². The first-order chi connectivity index (χ1) is 6.38. The van der Waals surface area contributed by atoms with E-state index in [4.69, 9.17) is 0 Å². The van der Waals surface area contributed by atoms with Crippen molar-refractivity contribution in [2.75, 3.05) is 18.0 Å². The van der Waals surface area contributed by atoms with Gasteiger partial charge in [0.1, 0.15) is 6.20 Å². The summed E-state index contributed by atoms with van der Waals surface area (Å²) in [5, 5.41) is 0. The molecule has 0 aliphatic carbocycles. The van der Waals surface area contributed by atoms with Crippen LogP contribution in [0.15, 0.2) is 12.4 Å². The minimum Gasteiger partial charge on any atom is -0.355 e. The second-order valence-corrected chi connectivity index (χ2v) is 2.98. The van der Waals surface area contributed by atoms with E-state index in [0.29, 0.717) is 0 Å². The predicted octanol–water partition coefficient (Wildman–Crippen LogP) is 1.90. The molecule has 1 radical (unpaired) electrons. The van der Waals surface area contributed by atoms with Gasteiger partial charge in [0.05, 0.1) is 0 Å². The van der Waals surface area contributed by atoms with E-state index in [-0.39, 0.29) is 0 Å². The van der Waals surface area contributed by atoms with E-state index in [1.165, 1.54) is 0 Å². The molecule has 0 spiro atoms. The zero-order valence-electron chi connectivity index (χ0n) is 8.32. The van der Waals surface area contributed by atoms with Crippen LogP contribution in [0, 0.1) is 6.20 Å². The van der Waals surface area contributed by atoms with Gasteiger partial charge in [-0.2, -0.15) is 0 Å². The minimum atomic E-state index is 0.867. The lowest BCUT2D eigenvalue weighted by molar-refractivity contribution is 0.731. The summed E-state index contributed by atoms with van der Waals surface area (Å²) in [6.07, 6.45) is 8.53. The maximum atomic E-state index is 4.22. The summed E-state index contributed by atoms with van der Waals surface area (Å²) in [5.41, 5.74) is 0. The SMILES string of the molecule is CCCN(CCC)c1[c]nccn1. The summed E-state index contributed by atoms with van der Waals surface area (Å²) in [6, 6.07) is 0. The van der Waals surface area contributed by atoms with E-state index in [0.717, 1.165) is 31.7 Å². The zero-order chi connectivity index (χ0) is 9.52. The molecule has 0 unspecified atom stereocenters. The number of nitrogens with zero attached hydrogens (tertiary/aromatic N) is 3.